The lowest BCUT2D eigenvalue weighted by atomic mass is 9.86. The number of nitrogens with one attached hydrogen (secondary N) is 1. The molecule has 0 aromatic heterocycles. The normalized spacial score (nSPS) is 28.4. The number of halogens is 1. The molecule has 0 radical (unpaired) electrons. The van der Waals surface area contributed by atoms with Gasteiger partial charge in [-0.1, -0.05) is 79.7 Å². The molecular formula is C32H56ClN5O2Si2. The van der Waals surface area contributed by atoms with Gasteiger partial charge >= 0.3 is 0 Å². The third-order valence-electron chi connectivity index (χ3n) is 10.7. The number of aliphatic imine (C=N–C) groups is 2. The quantitative estimate of drug-likeness (QED) is 0.237. The first kappa shape index (κ1) is 33.7. The molecule has 3 aliphatic rings. The number of nitrogens with zero attached hydrogens (tertiary/aromatic N) is 3. The van der Waals surface area contributed by atoms with Gasteiger partial charge in [0.05, 0.1) is 12.1 Å². The summed E-state index contributed by atoms with van der Waals surface area (Å²) in [6, 6.07) is 8.90. The minimum Gasteiger partial charge on any atom is -0.416 e. The molecule has 10 heteroatoms. The second kappa shape index (κ2) is 11.6. The summed E-state index contributed by atoms with van der Waals surface area (Å²) in [6.45, 7) is 28.5. The van der Waals surface area contributed by atoms with Crippen molar-refractivity contribution in [3.8, 4) is 0 Å². The average Bonchev–Trinajstić information content (AvgIpc) is 3.32. The Hall–Kier alpha value is -1.24. The summed E-state index contributed by atoms with van der Waals surface area (Å²) in [5, 5.41) is 4.28. The molecule has 5 atom stereocenters. The maximum absolute atomic E-state index is 7.10. The summed E-state index contributed by atoms with van der Waals surface area (Å²) in [5.41, 5.74) is 9.35. The van der Waals surface area contributed by atoms with E-state index in [1.165, 1.54) is 11.1 Å². The van der Waals surface area contributed by atoms with E-state index in [0.717, 1.165) is 25.9 Å². The molecule has 0 amide bonds. The van der Waals surface area contributed by atoms with Gasteiger partial charge in [-0.15, -0.1) is 0 Å². The fraction of sp³-hybridized carbons (Fsp3) is 0.750. The standard InChI is InChI=1S/C32H56ClN5O2Si2/c1-30(2,3)41(9,10)39-20-21-17-22(18-26(21)40-42(11,12)31(4,5)6)35-29-37-27(33)36-28(34)38(29)25-19-32(7,8)24-16-14-13-15-23(24)25/h13-16,21-22,25-26,28H,17-20,34H2,1-12H3,(H,35,36,37)/t21-,22+,25-,26-,28?/m0/s1. The van der Waals surface area contributed by atoms with E-state index >= 15 is 0 Å². The fourth-order valence-corrected chi connectivity index (χ4v) is 8.70. The third kappa shape index (κ3) is 6.86. The molecule has 2 aliphatic carbocycles. The van der Waals surface area contributed by atoms with E-state index in [4.69, 9.17) is 31.2 Å². The van der Waals surface area contributed by atoms with Gasteiger partial charge in [0.15, 0.2) is 22.9 Å². The summed E-state index contributed by atoms with van der Waals surface area (Å²) in [6.07, 6.45) is 2.27. The Morgan fingerprint density at radius 1 is 1.02 bits per heavy atom. The van der Waals surface area contributed by atoms with Crippen LogP contribution in [0.2, 0.25) is 36.3 Å². The molecule has 7 nitrogen and oxygen atoms in total. The second-order valence-corrected chi connectivity index (χ2v) is 26.3. The Morgan fingerprint density at radius 2 is 1.64 bits per heavy atom. The van der Waals surface area contributed by atoms with E-state index in [1.807, 2.05) is 0 Å². The molecule has 1 heterocycles. The van der Waals surface area contributed by atoms with Gasteiger partial charge in [-0.2, -0.15) is 4.99 Å². The lowest BCUT2D eigenvalue weighted by Gasteiger charge is -2.41. The highest BCUT2D eigenvalue weighted by Gasteiger charge is 2.47. The second-order valence-electron chi connectivity index (χ2n) is 16.4. The maximum Gasteiger partial charge on any atom is 0.224 e. The van der Waals surface area contributed by atoms with E-state index in [-0.39, 0.29) is 39.0 Å². The highest BCUT2D eigenvalue weighted by atomic mass is 35.5. The topological polar surface area (TPSA) is 84.5 Å². The molecule has 3 N–H and O–H groups in total. The van der Waals surface area contributed by atoms with Crippen LogP contribution in [0.3, 0.4) is 0 Å². The number of hydrogen-bond acceptors (Lipinski definition) is 7. The molecular weight excluding hydrogens is 578 g/mol. The van der Waals surface area contributed by atoms with Crippen molar-refractivity contribution in [1.82, 2.24) is 10.2 Å². The van der Waals surface area contributed by atoms with Gasteiger partial charge < -0.3 is 19.1 Å². The number of nitrogens with two attached hydrogens (primary N) is 1. The number of rotatable bonds is 7. The first-order valence-corrected chi connectivity index (χ1v) is 21.9. The van der Waals surface area contributed by atoms with E-state index in [9.17, 15) is 0 Å². The molecule has 1 aromatic carbocycles. The van der Waals surface area contributed by atoms with Gasteiger partial charge in [0.25, 0.3) is 0 Å². The van der Waals surface area contributed by atoms with Gasteiger partial charge in [-0.25, -0.2) is 4.99 Å². The van der Waals surface area contributed by atoms with Crippen LogP contribution in [-0.2, 0) is 14.3 Å². The van der Waals surface area contributed by atoms with Gasteiger partial charge in [-0.3, -0.25) is 5.73 Å². The van der Waals surface area contributed by atoms with Gasteiger partial charge in [0, 0.05) is 18.6 Å². The van der Waals surface area contributed by atoms with E-state index in [0.29, 0.717) is 11.9 Å². The first-order chi connectivity index (χ1) is 19.1. The predicted octanol–water partition coefficient (Wildman–Crippen LogP) is 7.70. The average molecular weight is 634 g/mol. The van der Waals surface area contributed by atoms with Crippen molar-refractivity contribution in [3.05, 3.63) is 35.4 Å². The number of hydrogen-bond donors (Lipinski definition) is 2. The summed E-state index contributed by atoms with van der Waals surface area (Å²) >= 11 is 6.44. The fourth-order valence-electron chi connectivity index (χ4n) is 6.06. The molecule has 1 aliphatic heterocycles. The number of fused-ring (bicyclic) bond motifs is 1. The minimum absolute atomic E-state index is 0.0265. The van der Waals surface area contributed by atoms with Crippen LogP contribution in [0.15, 0.2) is 34.3 Å². The first-order valence-electron chi connectivity index (χ1n) is 15.7. The van der Waals surface area contributed by atoms with Crippen LogP contribution in [0, 0.1) is 5.92 Å². The molecule has 1 unspecified atom stereocenters. The molecule has 4 rings (SSSR count). The molecule has 42 heavy (non-hydrogen) atoms. The zero-order valence-corrected chi connectivity index (χ0v) is 30.9. The van der Waals surface area contributed by atoms with Crippen LogP contribution in [0.5, 0.6) is 0 Å². The maximum atomic E-state index is 7.10. The van der Waals surface area contributed by atoms with Crippen LogP contribution in [0.4, 0.5) is 0 Å². The van der Waals surface area contributed by atoms with Crippen LogP contribution in [0.25, 0.3) is 0 Å². The summed E-state index contributed by atoms with van der Waals surface area (Å²) in [5.74, 6) is 1.01. The Bertz CT molecular complexity index is 1200. The van der Waals surface area contributed by atoms with Crippen LogP contribution in [0.1, 0.15) is 91.8 Å². The Kier molecular flexibility index (Phi) is 9.30. The van der Waals surface area contributed by atoms with Crippen molar-refractivity contribution in [2.75, 3.05) is 6.61 Å². The molecule has 1 fully saturated rings. The van der Waals surface area contributed by atoms with Crippen molar-refractivity contribution >= 4 is 39.5 Å². The lowest BCUT2D eigenvalue weighted by Crippen LogP contribution is -2.55. The lowest BCUT2D eigenvalue weighted by molar-refractivity contribution is 0.101. The molecule has 0 saturated heterocycles. The van der Waals surface area contributed by atoms with Crippen molar-refractivity contribution in [2.24, 2.45) is 21.6 Å². The Morgan fingerprint density at radius 3 is 2.26 bits per heavy atom. The highest BCUT2D eigenvalue weighted by Crippen LogP contribution is 2.48. The zero-order chi connectivity index (χ0) is 31.5. The molecule has 1 aromatic rings. The number of amidine groups is 1. The SMILES string of the molecule is CC1(C)C[C@H](N2C(N[C@@H]3C[C@@H](CO[Si](C)(C)C(C)(C)C)[C@@H](O[Si](C)(C)C(C)(C)C)C3)=NC(Cl)=NC2N)c2ccccc21. The monoisotopic (exact) mass is 633 g/mol. The molecule has 236 valence electrons. The van der Waals surface area contributed by atoms with Crippen LogP contribution >= 0.6 is 11.6 Å². The summed E-state index contributed by atoms with van der Waals surface area (Å²) in [7, 11) is -3.89. The smallest absolute Gasteiger partial charge is 0.224 e. The van der Waals surface area contributed by atoms with E-state index in [2.05, 4.69) is 121 Å². The van der Waals surface area contributed by atoms with Crippen molar-refractivity contribution in [1.29, 1.82) is 0 Å². The molecule has 0 spiro atoms. The van der Waals surface area contributed by atoms with E-state index in [1.54, 1.807) is 0 Å². The Labute approximate surface area is 262 Å². The minimum atomic E-state index is -1.99. The zero-order valence-electron chi connectivity index (χ0n) is 28.1. The molecule has 0 bridgehead atoms. The number of benzene rings is 1. The van der Waals surface area contributed by atoms with Gasteiger partial charge in [0.1, 0.15) is 0 Å². The van der Waals surface area contributed by atoms with Gasteiger partial charge in [-0.05, 0) is 83.7 Å². The largest absolute Gasteiger partial charge is 0.416 e. The van der Waals surface area contributed by atoms with Crippen molar-refractivity contribution in [2.45, 2.75) is 141 Å². The Balaban J connectivity index is 1.59. The van der Waals surface area contributed by atoms with Gasteiger partial charge in [0.2, 0.25) is 11.3 Å². The van der Waals surface area contributed by atoms with Crippen LogP contribution in [-0.4, -0.2) is 57.8 Å². The van der Waals surface area contributed by atoms with Crippen molar-refractivity contribution in [3.63, 3.8) is 0 Å². The number of guanidine groups is 1. The molecule has 1 saturated carbocycles. The summed E-state index contributed by atoms with van der Waals surface area (Å²) < 4.78 is 13.9. The predicted molar refractivity (Wildman–Crippen MR) is 182 cm³/mol. The van der Waals surface area contributed by atoms with Crippen LogP contribution < -0.4 is 11.1 Å². The summed E-state index contributed by atoms with van der Waals surface area (Å²) in [4.78, 5) is 11.3. The third-order valence-corrected chi connectivity index (χ3v) is 19.9. The van der Waals surface area contributed by atoms with Crippen molar-refractivity contribution < 1.29 is 8.85 Å². The van der Waals surface area contributed by atoms with E-state index < -0.39 is 22.9 Å². The highest BCUT2D eigenvalue weighted by molar-refractivity contribution is 6.74.